The number of rotatable bonds is 5. The zero-order valence-corrected chi connectivity index (χ0v) is 12.9. The minimum atomic E-state index is 0.238. The van der Waals surface area contributed by atoms with Crippen molar-refractivity contribution in [3.8, 4) is 0 Å². The van der Waals surface area contributed by atoms with Gasteiger partial charge in [0.25, 0.3) is 0 Å². The summed E-state index contributed by atoms with van der Waals surface area (Å²) in [6, 6.07) is 5.78. The Bertz CT molecular complexity index is 506. The van der Waals surface area contributed by atoms with Crippen LogP contribution in [0.3, 0.4) is 0 Å². The first-order chi connectivity index (χ1) is 9.69. The van der Waals surface area contributed by atoms with E-state index in [9.17, 15) is 0 Å². The van der Waals surface area contributed by atoms with Gasteiger partial charge in [0, 0.05) is 18.3 Å². The lowest BCUT2D eigenvalue weighted by Crippen LogP contribution is -2.21. The lowest BCUT2D eigenvalue weighted by molar-refractivity contribution is 0.774. The fourth-order valence-corrected chi connectivity index (χ4v) is 1.79. The highest BCUT2D eigenvalue weighted by Crippen LogP contribution is 2.12. The van der Waals surface area contributed by atoms with E-state index in [1.54, 1.807) is 12.4 Å². The van der Waals surface area contributed by atoms with Crippen molar-refractivity contribution in [2.75, 3.05) is 0 Å². The van der Waals surface area contributed by atoms with E-state index >= 15 is 0 Å². The highest BCUT2D eigenvalue weighted by Gasteiger charge is 2.13. The molecule has 0 radical (unpaired) electrons. The minimum absolute atomic E-state index is 0.238. The molecule has 0 spiro atoms. The van der Waals surface area contributed by atoms with Gasteiger partial charge in [-0.25, -0.2) is 4.99 Å². The lowest BCUT2D eigenvalue weighted by atomic mass is 9.98. The molecule has 20 heavy (non-hydrogen) atoms. The molecule has 1 aromatic rings. The second kappa shape index (κ2) is 9.09. The maximum absolute atomic E-state index is 5.05. The van der Waals surface area contributed by atoms with Crippen molar-refractivity contribution in [1.29, 1.82) is 0 Å². The number of hydrogen-bond acceptors (Lipinski definition) is 3. The molecule has 1 aromatic heterocycles. The number of hydrogen-bond donors (Lipinski definition) is 1. The molecule has 0 saturated heterocycles. The maximum atomic E-state index is 5.05. The van der Waals surface area contributed by atoms with Crippen molar-refractivity contribution in [2.45, 2.75) is 27.2 Å². The predicted octanol–water partition coefficient (Wildman–Crippen LogP) is 3.35. The molecule has 0 saturated carbocycles. The second-order valence-corrected chi connectivity index (χ2v) is 4.61. The van der Waals surface area contributed by atoms with E-state index in [-0.39, 0.29) is 5.92 Å². The Morgan fingerprint density at radius 3 is 2.85 bits per heavy atom. The van der Waals surface area contributed by atoms with E-state index in [1.165, 1.54) is 0 Å². The molecule has 5 heteroatoms. The fourth-order valence-electron chi connectivity index (χ4n) is 1.64. The molecule has 0 fully saturated rings. The van der Waals surface area contributed by atoms with E-state index in [2.05, 4.69) is 33.5 Å². The molecule has 4 nitrogen and oxygen atoms in total. The molecule has 0 aliphatic heterocycles. The van der Waals surface area contributed by atoms with Gasteiger partial charge < -0.3 is 0 Å². The minimum Gasteiger partial charge on any atom is -0.255 e. The van der Waals surface area contributed by atoms with Crippen LogP contribution in [0, 0.1) is 5.92 Å². The molecule has 1 rings (SSSR count). The monoisotopic (exact) mass is 288 g/mol. The van der Waals surface area contributed by atoms with Crippen LogP contribution in [0.4, 0.5) is 0 Å². The van der Waals surface area contributed by atoms with Crippen LogP contribution < -0.4 is 5.43 Å². The molecule has 1 N–H and O–H groups in total. The van der Waals surface area contributed by atoms with E-state index in [0.29, 0.717) is 5.11 Å². The topological polar surface area (TPSA) is 49.6 Å². The van der Waals surface area contributed by atoms with Crippen LogP contribution in [-0.2, 0) is 0 Å². The fraction of sp³-hybridized carbons (Fsp3) is 0.333. The quantitative estimate of drug-likeness (QED) is 0.391. The number of hydrazone groups is 1. The van der Waals surface area contributed by atoms with E-state index in [4.69, 9.17) is 12.2 Å². The summed E-state index contributed by atoms with van der Waals surface area (Å²) in [6.07, 6.45) is 8.44. The van der Waals surface area contributed by atoms with Crippen LogP contribution in [0.1, 0.15) is 32.9 Å². The Kier molecular flexibility index (Phi) is 7.35. The first kappa shape index (κ1) is 16.2. The summed E-state index contributed by atoms with van der Waals surface area (Å²) in [4.78, 5) is 8.32. The second-order valence-electron chi connectivity index (χ2n) is 4.22. The van der Waals surface area contributed by atoms with Gasteiger partial charge in [-0.2, -0.15) is 5.10 Å². The normalized spacial score (nSPS) is 13.8. The number of thiocarbonyl (C=S) groups is 1. The van der Waals surface area contributed by atoms with Crippen LogP contribution in [0.25, 0.3) is 0 Å². The molecule has 0 amide bonds. The average molecular weight is 288 g/mol. The maximum Gasteiger partial charge on any atom is 0.213 e. The van der Waals surface area contributed by atoms with Crippen LogP contribution in [0.15, 0.2) is 46.6 Å². The molecular formula is C15H20N4S. The molecule has 0 aliphatic rings. The van der Waals surface area contributed by atoms with E-state index in [0.717, 1.165) is 17.8 Å². The van der Waals surface area contributed by atoms with Gasteiger partial charge >= 0.3 is 0 Å². The number of allylic oxidation sites excluding steroid dienone is 2. The zero-order chi connectivity index (χ0) is 14.8. The van der Waals surface area contributed by atoms with Crippen molar-refractivity contribution in [3.05, 3.63) is 42.2 Å². The summed E-state index contributed by atoms with van der Waals surface area (Å²) in [5.41, 5.74) is 4.52. The van der Waals surface area contributed by atoms with Crippen molar-refractivity contribution < 1.29 is 0 Å². The van der Waals surface area contributed by atoms with Gasteiger partial charge in [0.15, 0.2) is 0 Å². The third-order valence-electron chi connectivity index (χ3n) is 2.64. The Labute approximate surface area is 125 Å². The van der Waals surface area contributed by atoms with Gasteiger partial charge in [-0.3, -0.25) is 10.4 Å². The third kappa shape index (κ3) is 5.40. The molecular weight excluding hydrogens is 268 g/mol. The average Bonchev–Trinajstić information content (AvgIpc) is 2.46. The summed E-state index contributed by atoms with van der Waals surface area (Å²) in [5.74, 6) is 0.238. The number of aliphatic imine (C=N–C) groups is 1. The van der Waals surface area contributed by atoms with Crippen molar-refractivity contribution in [3.63, 3.8) is 0 Å². The van der Waals surface area contributed by atoms with Gasteiger partial charge in [-0.1, -0.05) is 25.1 Å². The summed E-state index contributed by atoms with van der Waals surface area (Å²) in [6.45, 7) is 5.93. The predicted molar refractivity (Wildman–Crippen MR) is 89.3 cm³/mol. The Morgan fingerprint density at radius 2 is 2.25 bits per heavy atom. The lowest BCUT2D eigenvalue weighted by Gasteiger charge is -2.12. The smallest absolute Gasteiger partial charge is 0.213 e. The SMILES string of the molecule is CC=CCC(C)/C(=N/NC(=S)N=CC)c1ccccn1. The highest BCUT2D eigenvalue weighted by molar-refractivity contribution is 7.80. The highest BCUT2D eigenvalue weighted by atomic mass is 32.1. The van der Waals surface area contributed by atoms with Crippen LogP contribution >= 0.6 is 12.2 Å². The van der Waals surface area contributed by atoms with Crippen molar-refractivity contribution >= 4 is 29.3 Å². The van der Waals surface area contributed by atoms with E-state index in [1.807, 2.05) is 38.1 Å². The van der Waals surface area contributed by atoms with Crippen molar-refractivity contribution in [2.24, 2.45) is 16.0 Å². The molecule has 0 aliphatic carbocycles. The number of aromatic nitrogens is 1. The van der Waals surface area contributed by atoms with Crippen LogP contribution in [0.5, 0.6) is 0 Å². The van der Waals surface area contributed by atoms with Crippen LogP contribution in [-0.4, -0.2) is 22.0 Å². The van der Waals surface area contributed by atoms with Gasteiger partial charge in [-0.05, 0) is 44.6 Å². The Balaban J connectivity index is 2.95. The molecule has 1 heterocycles. The largest absolute Gasteiger partial charge is 0.255 e. The summed E-state index contributed by atoms with van der Waals surface area (Å²) < 4.78 is 0. The molecule has 106 valence electrons. The Morgan fingerprint density at radius 1 is 1.45 bits per heavy atom. The number of pyridine rings is 1. The zero-order valence-electron chi connectivity index (χ0n) is 12.1. The summed E-state index contributed by atoms with van der Waals surface area (Å²) in [7, 11) is 0. The first-order valence-electron chi connectivity index (χ1n) is 6.57. The summed E-state index contributed by atoms with van der Waals surface area (Å²) >= 11 is 5.05. The molecule has 0 aromatic carbocycles. The van der Waals surface area contributed by atoms with Gasteiger partial charge in [0.2, 0.25) is 5.11 Å². The first-order valence-corrected chi connectivity index (χ1v) is 6.98. The van der Waals surface area contributed by atoms with Gasteiger partial charge in [-0.15, -0.1) is 0 Å². The molecule has 0 bridgehead atoms. The van der Waals surface area contributed by atoms with Gasteiger partial charge in [0.05, 0.1) is 11.4 Å². The van der Waals surface area contributed by atoms with Gasteiger partial charge in [0.1, 0.15) is 0 Å². The molecule has 1 atom stereocenters. The molecule has 1 unspecified atom stereocenters. The van der Waals surface area contributed by atoms with E-state index < -0.39 is 0 Å². The standard InChI is InChI=1S/C15H20N4S/c1-4-6-9-12(3)14(13-10-7-8-11-17-13)18-19-15(20)16-5-2/h4-8,10-12H,9H2,1-3H3,(H,19,20)/b6-4?,16-5?,18-14-. The van der Waals surface area contributed by atoms with Crippen LogP contribution in [0.2, 0.25) is 0 Å². The third-order valence-corrected chi connectivity index (χ3v) is 2.83. The number of nitrogens with one attached hydrogen (secondary N) is 1. The van der Waals surface area contributed by atoms with Crippen molar-refractivity contribution in [1.82, 2.24) is 10.4 Å². The number of nitrogens with zero attached hydrogens (tertiary/aromatic N) is 3. The Hall–Kier alpha value is -1.88. The summed E-state index contributed by atoms with van der Waals surface area (Å²) in [5, 5.41) is 4.73.